The largest absolute Gasteiger partial charge is 0.508 e. The third kappa shape index (κ3) is 2.74. The van der Waals surface area contributed by atoms with Gasteiger partial charge in [0.05, 0.1) is 0 Å². The molecule has 1 heterocycles. The van der Waals surface area contributed by atoms with Crippen molar-refractivity contribution in [1.82, 2.24) is 0 Å². The predicted molar refractivity (Wildman–Crippen MR) is 78.7 cm³/mol. The van der Waals surface area contributed by atoms with Crippen molar-refractivity contribution < 1.29 is 19.4 Å². The molecule has 2 N–H and O–H groups in total. The van der Waals surface area contributed by atoms with Crippen LogP contribution in [0.2, 0.25) is 0 Å². The summed E-state index contributed by atoms with van der Waals surface area (Å²) in [6.07, 6.45) is 1.59. The molecule has 3 aromatic rings. The van der Waals surface area contributed by atoms with E-state index in [0.29, 0.717) is 5.58 Å². The van der Waals surface area contributed by atoms with Gasteiger partial charge >= 0.3 is 5.97 Å². The van der Waals surface area contributed by atoms with Gasteiger partial charge in [-0.25, -0.2) is 4.79 Å². The Labute approximate surface area is 121 Å². The minimum absolute atomic E-state index is 0.0397. The molecule has 0 aliphatic rings. The van der Waals surface area contributed by atoms with Crippen LogP contribution in [0.15, 0.2) is 52.9 Å². The van der Waals surface area contributed by atoms with Crippen LogP contribution in [0.5, 0.6) is 5.75 Å². The first-order valence-corrected chi connectivity index (χ1v) is 6.66. The molecule has 0 aliphatic carbocycles. The number of carbonyl (C=O) groups is 1. The summed E-state index contributed by atoms with van der Waals surface area (Å²) in [6.45, 7) is 0. The molecule has 1 aromatic heterocycles. The Hall–Kier alpha value is -2.75. The van der Waals surface area contributed by atoms with Crippen LogP contribution in [0.3, 0.4) is 0 Å². The van der Waals surface area contributed by atoms with Crippen LogP contribution in [0.1, 0.15) is 21.7 Å². The first-order valence-electron chi connectivity index (χ1n) is 6.66. The minimum Gasteiger partial charge on any atom is -0.508 e. The fraction of sp³-hybridized carbons (Fsp3) is 0.118. The highest BCUT2D eigenvalue weighted by atomic mass is 16.4. The highest BCUT2D eigenvalue weighted by Crippen LogP contribution is 2.24. The standard InChI is InChI=1S/C17H14O4/c18-13-8-5-11(6-9-13)4-7-12-2-1-3-15-14(12)10-16(21-15)17(19)20/h1-3,5-6,8-10,18H,4,7H2,(H,19,20). The summed E-state index contributed by atoms with van der Waals surface area (Å²) >= 11 is 0. The highest BCUT2D eigenvalue weighted by Gasteiger charge is 2.12. The molecule has 3 rings (SSSR count). The average Bonchev–Trinajstić information content (AvgIpc) is 2.91. The van der Waals surface area contributed by atoms with E-state index < -0.39 is 5.97 Å². The highest BCUT2D eigenvalue weighted by molar-refractivity contribution is 5.92. The first kappa shape index (κ1) is 13.2. The van der Waals surface area contributed by atoms with E-state index in [1.165, 1.54) is 0 Å². The predicted octanol–water partition coefficient (Wildman–Crippen LogP) is 3.62. The number of aryl methyl sites for hydroxylation is 2. The molecular weight excluding hydrogens is 268 g/mol. The molecule has 0 fully saturated rings. The third-order valence-electron chi connectivity index (χ3n) is 3.48. The van der Waals surface area contributed by atoms with Crippen LogP contribution in [0, 0.1) is 0 Å². The molecule has 0 unspecified atom stereocenters. The Bertz CT molecular complexity index is 784. The molecule has 21 heavy (non-hydrogen) atoms. The molecule has 0 atom stereocenters. The molecule has 4 nitrogen and oxygen atoms in total. The maximum atomic E-state index is 11.0. The van der Waals surface area contributed by atoms with E-state index in [-0.39, 0.29) is 11.5 Å². The van der Waals surface area contributed by atoms with E-state index in [1.807, 2.05) is 24.3 Å². The number of phenols is 1. The summed E-state index contributed by atoms with van der Waals surface area (Å²) in [4.78, 5) is 11.0. The lowest BCUT2D eigenvalue weighted by Gasteiger charge is -2.03. The first-order chi connectivity index (χ1) is 10.1. The number of furan rings is 1. The number of fused-ring (bicyclic) bond motifs is 1. The molecule has 0 amide bonds. The van der Waals surface area contributed by atoms with E-state index in [1.54, 1.807) is 24.3 Å². The number of aromatic carboxylic acids is 1. The number of benzene rings is 2. The summed E-state index contributed by atoms with van der Waals surface area (Å²) in [5, 5.41) is 19.1. The quantitative estimate of drug-likeness (QED) is 0.766. The second-order valence-electron chi connectivity index (χ2n) is 4.91. The number of phenolic OH excluding ortho intramolecular Hbond substituents is 1. The molecule has 2 aromatic carbocycles. The second-order valence-corrected chi connectivity index (χ2v) is 4.91. The lowest BCUT2D eigenvalue weighted by Crippen LogP contribution is -1.92. The maximum Gasteiger partial charge on any atom is 0.371 e. The number of hydrogen-bond donors (Lipinski definition) is 2. The molecule has 0 bridgehead atoms. The van der Waals surface area contributed by atoms with Crippen LogP contribution in [-0.4, -0.2) is 16.2 Å². The average molecular weight is 282 g/mol. The molecule has 0 radical (unpaired) electrons. The van der Waals surface area contributed by atoms with Crippen molar-refractivity contribution >= 4 is 16.9 Å². The number of carboxylic acids is 1. The van der Waals surface area contributed by atoms with Crippen molar-refractivity contribution in [2.24, 2.45) is 0 Å². The van der Waals surface area contributed by atoms with Crippen LogP contribution in [0.4, 0.5) is 0 Å². The van der Waals surface area contributed by atoms with Gasteiger partial charge in [-0.1, -0.05) is 24.3 Å². The summed E-state index contributed by atoms with van der Waals surface area (Å²) < 4.78 is 5.31. The normalized spacial score (nSPS) is 10.9. The van der Waals surface area contributed by atoms with Crippen molar-refractivity contribution in [1.29, 1.82) is 0 Å². The molecular formula is C17H14O4. The van der Waals surface area contributed by atoms with Gasteiger partial charge in [0.2, 0.25) is 5.76 Å². The van der Waals surface area contributed by atoms with E-state index in [4.69, 9.17) is 9.52 Å². The monoisotopic (exact) mass is 282 g/mol. The number of aromatic hydroxyl groups is 1. The minimum atomic E-state index is -1.06. The molecule has 4 heteroatoms. The fourth-order valence-electron chi connectivity index (χ4n) is 2.39. The number of hydrogen-bond acceptors (Lipinski definition) is 3. The van der Waals surface area contributed by atoms with Gasteiger partial charge in [-0.2, -0.15) is 0 Å². The van der Waals surface area contributed by atoms with Crippen LogP contribution in [0.25, 0.3) is 11.0 Å². The van der Waals surface area contributed by atoms with E-state index in [2.05, 4.69) is 0 Å². The lowest BCUT2D eigenvalue weighted by atomic mass is 10.0. The fourth-order valence-corrected chi connectivity index (χ4v) is 2.39. The third-order valence-corrected chi connectivity index (χ3v) is 3.48. The number of carboxylic acid groups (broad SMARTS) is 1. The van der Waals surface area contributed by atoms with Gasteiger partial charge in [-0.3, -0.25) is 0 Å². The van der Waals surface area contributed by atoms with E-state index in [9.17, 15) is 9.90 Å². The topological polar surface area (TPSA) is 70.7 Å². The summed E-state index contributed by atoms with van der Waals surface area (Å²) in [6, 6.07) is 14.3. The second kappa shape index (κ2) is 5.32. The Balaban J connectivity index is 1.86. The molecule has 0 spiro atoms. The Morgan fingerprint density at radius 1 is 1.05 bits per heavy atom. The molecule has 0 saturated heterocycles. The van der Waals surface area contributed by atoms with Crippen molar-refractivity contribution in [3.05, 3.63) is 65.4 Å². The van der Waals surface area contributed by atoms with Crippen molar-refractivity contribution in [3.8, 4) is 5.75 Å². The van der Waals surface area contributed by atoms with Gasteiger partial charge < -0.3 is 14.6 Å². The molecule has 0 aliphatic heterocycles. The summed E-state index contributed by atoms with van der Waals surface area (Å²) in [7, 11) is 0. The lowest BCUT2D eigenvalue weighted by molar-refractivity contribution is 0.0665. The van der Waals surface area contributed by atoms with Gasteiger partial charge in [-0.15, -0.1) is 0 Å². The van der Waals surface area contributed by atoms with E-state index in [0.717, 1.165) is 29.4 Å². The van der Waals surface area contributed by atoms with Crippen LogP contribution in [-0.2, 0) is 12.8 Å². The van der Waals surface area contributed by atoms with Gasteiger partial charge in [-0.05, 0) is 48.2 Å². The van der Waals surface area contributed by atoms with E-state index >= 15 is 0 Å². The Morgan fingerprint density at radius 2 is 1.81 bits per heavy atom. The van der Waals surface area contributed by atoms with Crippen molar-refractivity contribution in [2.45, 2.75) is 12.8 Å². The Morgan fingerprint density at radius 3 is 2.52 bits per heavy atom. The molecule has 106 valence electrons. The SMILES string of the molecule is O=C(O)c1cc2c(CCc3ccc(O)cc3)cccc2o1. The zero-order valence-electron chi connectivity index (χ0n) is 11.2. The summed E-state index contributed by atoms with van der Waals surface area (Å²) in [5.74, 6) is -0.848. The maximum absolute atomic E-state index is 11.0. The zero-order chi connectivity index (χ0) is 14.8. The Kier molecular flexibility index (Phi) is 3.36. The van der Waals surface area contributed by atoms with Gasteiger partial charge in [0.15, 0.2) is 0 Å². The zero-order valence-corrected chi connectivity index (χ0v) is 11.2. The number of rotatable bonds is 4. The van der Waals surface area contributed by atoms with Crippen LogP contribution < -0.4 is 0 Å². The van der Waals surface area contributed by atoms with Crippen molar-refractivity contribution in [3.63, 3.8) is 0 Å². The summed E-state index contributed by atoms with van der Waals surface area (Å²) in [5.41, 5.74) is 2.76. The molecule has 0 saturated carbocycles. The van der Waals surface area contributed by atoms with Gasteiger partial charge in [0.1, 0.15) is 11.3 Å². The smallest absolute Gasteiger partial charge is 0.371 e. The van der Waals surface area contributed by atoms with Crippen molar-refractivity contribution in [2.75, 3.05) is 0 Å². The van der Waals surface area contributed by atoms with Gasteiger partial charge in [0, 0.05) is 5.39 Å². The van der Waals surface area contributed by atoms with Crippen LogP contribution >= 0.6 is 0 Å². The van der Waals surface area contributed by atoms with Gasteiger partial charge in [0.25, 0.3) is 0 Å².